The van der Waals surface area contributed by atoms with Crippen LogP contribution in [0.25, 0.3) is 0 Å². The van der Waals surface area contributed by atoms with Crippen LogP contribution >= 0.6 is 42.4 Å². The number of alkyl halides is 3. The molecule has 0 saturated heterocycles. The standard InChI is InChI=1S/C2H4Cl3O4P/c3-2(4,5)1(6)10(7,8)9/h1,6H,(H2,7,8,9)/p-2. The molecule has 0 aromatic heterocycles. The minimum Gasteiger partial charge on any atom is -0.809 e. The third-order valence-corrected chi connectivity index (χ3v) is 2.66. The Labute approximate surface area is 71.9 Å². The first-order valence-corrected chi connectivity index (χ1v) is 4.67. The molecule has 0 aliphatic heterocycles. The van der Waals surface area contributed by atoms with Crippen LogP contribution in [-0.2, 0) is 4.57 Å². The molecule has 0 fully saturated rings. The Kier molecular flexibility index (Phi) is 3.46. The first-order valence-electron chi connectivity index (χ1n) is 1.92. The Morgan fingerprint density at radius 2 is 1.70 bits per heavy atom. The van der Waals surface area contributed by atoms with Crippen LogP contribution in [0.5, 0.6) is 0 Å². The van der Waals surface area contributed by atoms with E-state index in [1.807, 2.05) is 0 Å². The average molecular weight is 227 g/mol. The lowest BCUT2D eigenvalue weighted by atomic mass is 10.8. The van der Waals surface area contributed by atoms with Crippen molar-refractivity contribution in [1.82, 2.24) is 0 Å². The third kappa shape index (κ3) is 3.39. The van der Waals surface area contributed by atoms with Gasteiger partial charge in [0.15, 0.2) is 0 Å². The normalized spacial score (nSPS) is 17.0. The van der Waals surface area contributed by atoms with Crippen molar-refractivity contribution in [2.75, 3.05) is 0 Å². The summed E-state index contributed by atoms with van der Waals surface area (Å²) in [6, 6.07) is 0. The van der Waals surface area contributed by atoms with Gasteiger partial charge in [0.2, 0.25) is 3.79 Å². The molecule has 0 aliphatic carbocycles. The average Bonchev–Trinajstić information content (AvgIpc) is 1.59. The fraction of sp³-hybridized carbons (Fsp3) is 1.00. The van der Waals surface area contributed by atoms with Crippen LogP contribution in [0.1, 0.15) is 0 Å². The number of hydrogen-bond acceptors (Lipinski definition) is 4. The number of rotatable bonds is 1. The molecule has 1 unspecified atom stereocenters. The van der Waals surface area contributed by atoms with E-state index in [9.17, 15) is 14.4 Å². The molecule has 0 bridgehead atoms. The maximum atomic E-state index is 9.95. The maximum absolute atomic E-state index is 9.95. The van der Waals surface area contributed by atoms with Gasteiger partial charge < -0.3 is 19.5 Å². The summed E-state index contributed by atoms with van der Waals surface area (Å²) < 4.78 is 7.47. The topological polar surface area (TPSA) is 83.4 Å². The summed E-state index contributed by atoms with van der Waals surface area (Å²) in [7, 11) is -5.22. The monoisotopic (exact) mass is 226 g/mol. The summed E-state index contributed by atoms with van der Waals surface area (Å²) in [6.45, 7) is 0. The van der Waals surface area contributed by atoms with Crippen molar-refractivity contribution < 1.29 is 19.5 Å². The molecule has 0 saturated carbocycles. The van der Waals surface area contributed by atoms with Crippen molar-refractivity contribution in [3.63, 3.8) is 0 Å². The van der Waals surface area contributed by atoms with Crippen LogP contribution in [-0.4, -0.2) is 14.7 Å². The molecule has 0 radical (unpaired) electrons. The van der Waals surface area contributed by atoms with Gasteiger partial charge in [-0.15, -0.1) is 0 Å². The fourth-order valence-electron chi connectivity index (χ4n) is 0.179. The minimum atomic E-state index is -5.22. The molecule has 0 rings (SSSR count). The molecule has 0 heterocycles. The lowest BCUT2D eigenvalue weighted by Crippen LogP contribution is -2.35. The molecule has 0 aromatic carbocycles. The first kappa shape index (κ1) is 11.0. The maximum Gasteiger partial charge on any atom is 0.220 e. The molecule has 0 amide bonds. The van der Waals surface area contributed by atoms with Gasteiger partial charge in [0.05, 0.1) is 0 Å². The Hall–Kier alpha value is 0.980. The number of aliphatic hydroxyl groups is 1. The second-order valence-corrected chi connectivity index (χ2v) is 5.39. The van der Waals surface area contributed by atoms with Gasteiger partial charge in [-0.25, -0.2) is 0 Å². The zero-order chi connectivity index (χ0) is 8.58. The quantitative estimate of drug-likeness (QED) is 0.487. The smallest absolute Gasteiger partial charge is 0.220 e. The van der Waals surface area contributed by atoms with Crippen LogP contribution in [0, 0.1) is 0 Å². The van der Waals surface area contributed by atoms with Gasteiger partial charge in [-0.2, -0.15) is 0 Å². The Morgan fingerprint density at radius 1 is 1.40 bits per heavy atom. The molecule has 0 aromatic rings. The second kappa shape index (κ2) is 3.15. The summed E-state index contributed by atoms with van der Waals surface area (Å²) in [5.41, 5.74) is 0. The van der Waals surface area contributed by atoms with Crippen LogP contribution in [0.15, 0.2) is 0 Å². The Balaban J connectivity index is 4.39. The van der Waals surface area contributed by atoms with E-state index in [0.29, 0.717) is 0 Å². The van der Waals surface area contributed by atoms with Gasteiger partial charge in [0.25, 0.3) is 0 Å². The highest BCUT2D eigenvalue weighted by molar-refractivity contribution is 7.50. The van der Waals surface area contributed by atoms with Gasteiger partial charge in [-0.05, 0) is 7.60 Å². The molecule has 10 heavy (non-hydrogen) atoms. The van der Waals surface area contributed by atoms with Crippen LogP contribution in [0.3, 0.4) is 0 Å². The van der Waals surface area contributed by atoms with Gasteiger partial charge in [-0.3, -0.25) is 0 Å². The Morgan fingerprint density at radius 3 is 1.70 bits per heavy atom. The minimum absolute atomic E-state index is 2.47. The highest BCUT2D eigenvalue weighted by Gasteiger charge is 2.33. The van der Waals surface area contributed by atoms with Gasteiger partial charge >= 0.3 is 0 Å². The molecule has 8 heteroatoms. The number of halogens is 3. The number of hydrogen-bond donors (Lipinski definition) is 1. The zero-order valence-electron chi connectivity index (χ0n) is 4.33. The molecule has 0 spiro atoms. The second-order valence-electron chi connectivity index (χ2n) is 1.46. The van der Waals surface area contributed by atoms with E-state index in [-0.39, 0.29) is 0 Å². The molecule has 0 aliphatic rings. The van der Waals surface area contributed by atoms with E-state index in [0.717, 1.165) is 0 Å². The first-order chi connectivity index (χ1) is 4.15. The predicted octanol–water partition coefficient (Wildman–Crippen LogP) is -0.411. The molecular formula is C2H2Cl3O4P-2. The summed E-state index contributed by atoms with van der Waals surface area (Å²) in [5.74, 6) is -2.50. The van der Waals surface area contributed by atoms with Gasteiger partial charge in [0.1, 0.15) is 5.85 Å². The molecule has 4 nitrogen and oxygen atoms in total. The van der Waals surface area contributed by atoms with Crippen molar-refractivity contribution >= 4 is 42.4 Å². The van der Waals surface area contributed by atoms with E-state index < -0.39 is 17.2 Å². The van der Waals surface area contributed by atoms with E-state index in [2.05, 4.69) is 0 Å². The van der Waals surface area contributed by atoms with E-state index in [1.165, 1.54) is 0 Å². The molecular weight excluding hydrogens is 225 g/mol. The van der Waals surface area contributed by atoms with Crippen molar-refractivity contribution in [2.24, 2.45) is 0 Å². The zero-order valence-corrected chi connectivity index (χ0v) is 7.49. The molecule has 1 N–H and O–H groups in total. The van der Waals surface area contributed by atoms with Crippen LogP contribution < -0.4 is 9.79 Å². The van der Waals surface area contributed by atoms with E-state index in [4.69, 9.17) is 39.9 Å². The fourth-order valence-corrected chi connectivity index (χ4v) is 1.61. The van der Waals surface area contributed by atoms with E-state index >= 15 is 0 Å². The summed E-state index contributed by atoms with van der Waals surface area (Å²) in [6.07, 6.45) is 0. The Bertz CT molecular complexity index is 158. The summed E-state index contributed by atoms with van der Waals surface area (Å²) in [4.78, 5) is 19.9. The highest BCUT2D eigenvalue weighted by Crippen LogP contribution is 2.44. The molecule has 1 atom stereocenters. The summed E-state index contributed by atoms with van der Waals surface area (Å²) >= 11 is 14.6. The lowest BCUT2D eigenvalue weighted by molar-refractivity contribution is -0.322. The van der Waals surface area contributed by atoms with Gasteiger partial charge in [0, 0.05) is 0 Å². The predicted molar refractivity (Wildman–Crippen MR) is 33.9 cm³/mol. The van der Waals surface area contributed by atoms with Crippen LogP contribution in [0.2, 0.25) is 0 Å². The summed E-state index contributed by atoms with van der Waals surface area (Å²) in [5, 5.41) is 8.44. The largest absolute Gasteiger partial charge is 0.809 e. The third-order valence-electron chi connectivity index (χ3n) is 0.592. The SMILES string of the molecule is O=P([O-])([O-])C(O)C(Cl)(Cl)Cl. The lowest BCUT2D eigenvalue weighted by Gasteiger charge is -2.37. The van der Waals surface area contributed by atoms with Crippen molar-refractivity contribution in [2.45, 2.75) is 9.64 Å². The van der Waals surface area contributed by atoms with Crippen molar-refractivity contribution in [1.29, 1.82) is 0 Å². The van der Waals surface area contributed by atoms with Crippen molar-refractivity contribution in [3.8, 4) is 0 Å². The highest BCUT2D eigenvalue weighted by atomic mass is 35.6. The molecule has 62 valence electrons. The van der Waals surface area contributed by atoms with Gasteiger partial charge in [-0.1, -0.05) is 34.8 Å². The van der Waals surface area contributed by atoms with E-state index in [1.54, 1.807) is 0 Å². The van der Waals surface area contributed by atoms with Crippen LogP contribution in [0.4, 0.5) is 0 Å². The number of aliphatic hydroxyl groups excluding tert-OH is 1. The van der Waals surface area contributed by atoms with Crippen molar-refractivity contribution in [3.05, 3.63) is 0 Å².